The first kappa shape index (κ1) is 18.1. The number of thioether (sulfide) groups is 1. The summed E-state index contributed by atoms with van der Waals surface area (Å²) in [6, 6.07) is 13.8. The second kappa shape index (κ2) is 8.00. The standard InChI is InChI=1S/C16H16N2O4S2/c1-22-14-8-7-12(11-15(14)24(17,20)21)18-16(19)9-10-23-13-5-3-2-4-6-13/h2-11H,1H3,(H,18,19)(H2,17,20,21)/b10-9+. The number of hydrogen-bond acceptors (Lipinski definition) is 5. The molecule has 0 unspecified atom stereocenters. The van der Waals surface area contributed by atoms with Crippen molar-refractivity contribution in [2.45, 2.75) is 9.79 Å². The molecule has 0 aliphatic heterocycles. The first-order valence-corrected chi connectivity index (χ1v) is 9.23. The largest absolute Gasteiger partial charge is 0.495 e. The van der Waals surface area contributed by atoms with Gasteiger partial charge < -0.3 is 10.1 Å². The summed E-state index contributed by atoms with van der Waals surface area (Å²) in [5, 5.41) is 9.36. The van der Waals surface area contributed by atoms with Crippen LogP contribution in [0.4, 0.5) is 5.69 Å². The Morgan fingerprint density at radius 3 is 2.54 bits per heavy atom. The summed E-state index contributed by atoms with van der Waals surface area (Å²) < 4.78 is 28.1. The van der Waals surface area contributed by atoms with Crippen LogP contribution in [-0.4, -0.2) is 21.4 Å². The van der Waals surface area contributed by atoms with Gasteiger partial charge in [0.2, 0.25) is 15.9 Å². The zero-order valence-corrected chi connectivity index (χ0v) is 14.4. The molecule has 126 valence electrons. The van der Waals surface area contributed by atoms with Gasteiger partial charge in [-0.3, -0.25) is 4.79 Å². The van der Waals surface area contributed by atoms with E-state index in [2.05, 4.69) is 5.32 Å². The first-order chi connectivity index (χ1) is 11.4. The Kier molecular flexibility index (Phi) is 6.02. The van der Waals surface area contributed by atoms with Gasteiger partial charge in [-0.05, 0) is 35.7 Å². The van der Waals surface area contributed by atoms with Gasteiger partial charge in [0.25, 0.3) is 0 Å². The highest BCUT2D eigenvalue weighted by Crippen LogP contribution is 2.26. The lowest BCUT2D eigenvalue weighted by Gasteiger charge is -2.09. The highest BCUT2D eigenvalue weighted by atomic mass is 32.2. The minimum absolute atomic E-state index is 0.116. The van der Waals surface area contributed by atoms with E-state index in [4.69, 9.17) is 9.88 Å². The Morgan fingerprint density at radius 2 is 1.92 bits per heavy atom. The molecule has 0 fully saturated rings. The number of primary sulfonamides is 1. The molecule has 2 aromatic rings. The molecule has 0 radical (unpaired) electrons. The van der Waals surface area contributed by atoms with Crippen molar-refractivity contribution in [1.29, 1.82) is 0 Å². The van der Waals surface area contributed by atoms with Crippen LogP contribution in [0.1, 0.15) is 0 Å². The summed E-state index contributed by atoms with van der Waals surface area (Å²) in [7, 11) is -2.62. The lowest BCUT2D eigenvalue weighted by molar-refractivity contribution is -0.111. The molecule has 8 heteroatoms. The molecule has 2 aromatic carbocycles. The van der Waals surface area contributed by atoms with Crippen molar-refractivity contribution in [2.24, 2.45) is 5.14 Å². The molecule has 0 aromatic heterocycles. The van der Waals surface area contributed by atoms with Gasteiger partial charge in [-0.15, -0.1) is 0 Å². The molecule has 1 amide bonds. The Balaban J connectivity index is 2.06. The summed E-state index contributed by atoms with van der Waals surface area (Å²) >= 11 is 1.40. The van der Waals surface area contributed by atoms with E-state index < -0.39 is 10.0 Å². The van der Waals surface area contributed by atoms with Gasteiger partial charge in [0, 0.05) is 16.7 Å². The molecule has 0 saturated heterocycles. The number of ether oxygens (including phenoxy) is 1. The Labute approximate surface area is 144 Å². The van der Waals surface area contributed by atoms with Crippen LogP contribution in [0.3, 0.4) is 0 Å². The van der Waals surface area contributed by atoms with Crippen molar-refractivity contribution >= 4 is 33.4 Å². The molecule has 0 bridgehead atoms. The number of hydrogen-bond donors (Lipinski definition) is 2. The Morgan fingerprint density at radius 1 is 1.21 bits per heavy atom. The van der Waals surface area contributed by atoms with Crippen LogP contribution in [0.25, 0.3) is 0 Å². The molecule has 24 heavy (non-hydrogen) atoms. The first-order valence-electron chi connectivity index (χ1n) is 6.80. The third kappa shape index (κ3) is 5.12. The van der Waals surface area contributed by atoms with Crippen molar-refractivity contribution in [3.05, 3.63) is 60.0 Å². The van der Waals surface area contributed by atoms with E-state index in [1.54, 1.807) is 5.41 Å². The smallest absolute Gasteiger partial charge is 0.248 e. The van der Waals surface area contributed by atoms with E-state index in [9.17, 15) is 13.2 Å². The average Bonchev–Trinajstić information content (AvgIpc) is 2.55. The predicted molar refractivity (Wildman–Crippen MR) is 94.4 cm³/mol. The van der Waals surface area contributed by atoms with Crippen molar-refractivity contribution in [1.82, 2.24) is 0 Å². The minimum Gasteiger partial charge on any atom is -0.495 e. The molecule has 0 aliphatic carbocycles. The zero-order chi connectivity index (χ0) is 17.6. The number of carbonyl (C=O) groups excluding carboxylic acids is 1. The number of amides is 1. The van der Waals surface area contributed by atoms with Gasteiger partial charge >= 0.3 is 0 Å². The van der Waals surface area contributed by atoms with Crippen molar-refractivity contribution in [3.63, 3.8) is 0 Å². The fraction of sp³-hybridized carbons (Fsp3) is 0.0625. The zero-order valence-electron chi connectivity index (χ0n) is 12.8. The minimum atomic E-state index is -3.96. The van der Waals surface area contributed by atoms with Crippen LogP contribution in [0.5, 0.6) is 5.75 Å². The number of sulfonamides is 1. The van der Waals surface area contributed by atoms with Crippen LogP contribution in [0, 0.1) is 0 Å². The molecule has 0 aliphatic rings. The van der Waals surface area contributed by atoms with Gasteiger partial charge in [0.15, 0.2) is 0 Å². The SMILES string of the molecule is COc1ccc(NC(=O)/C=C/Sc2ccccc2)cc1S(N)(=O)=O. The van der Waals surface area contributed by atoms with Gasteiger partial charge in [-0.25, -0.2) is 13.6 Å². The topological polar surface area (TPSA) is 98.5 Å². The van der Waals surface area contributed by atoms with E-state index in [-0.39, 0.29) is 16.6 Å². The third-order valence-electron chi connectivity index (χ3n) is 2.90. The molecule has 3 N–H and O–H groups in total. The normalized spacial score (nSPS) is 11.4. The van der Waals surface area contributed by atoms with Crippen molar-refractivity contribution < 1.29 is 17.9 Å². The van der Waals surface area contributed by atoms with Gasteiger partial charge in [-0.2, -0.15) is 0 Å². The van der Waals surface area contributed by atoms with E-state index in [0.717, 1.165) is 4.90 Å². The molecule has 6 nitrogen and oxygen atoms in total. The number of carbonyl (C=O) groups is 1. The van der Waals surface area contributed by atoms with Crippen molar-refractivity contribution in [3.8, 4) is 5.75 Å². The summed E-state index contributed by atoms with van der Waals surface area (Å²) in [4.78, 5) is 12.7. The van der Waals surface area contributed by atoms with Crippen molar-refractivity contribution in [2.75, 3.05) is 12.4 Å². The van der Waals surface area contributed by atoms with E-state index >= 15 is 0 Å². The maximum Gasteiger partial charge on any atom is 0.248 e. The number of nitrogens with one attached hydrogen (secondary N) is 1. The lowest BCUT2D eigenvalue weighted by Crippen LogP contribution is -2.15. The Hall–Kier alpha value is -2.29. The fourth-order valence-corrected chi connectivity index (χ4v) is 3.22. The number of methoxy groups -OCH3 is 1. The summed E-state index contributed by atoms with van der Waals surface area (Å²) in [5.74, 6) is -0.269. The van der Waals surface area contributed by atoms with Gasteiger partial charge in [0.05, 0.1) is 7.11 Å². The highest BCUT2D eigenvalue weighted by molar-refractivity contribution is 8.02. The molecule has 2 rings (SSSR count). The van der Waals surface area contributed by atoms with E-state index in [1.165, 1.54) is 43.1 Å². The predicted octanol–water partition coefficient (Wildman–Crippen LogP) is 2.59. The lowest BCUT2D eigenvalue weighted by atomic mass is 10.3. The maximum absolute atomic E-state index is 11.9. The fourth-order valence-electron chi connectivity index (χ4n) is 1.83. The summed E-state index contributed by atoms with van der Waals surface area (Å²) in [5.41, 5.74) is 0.305. The number of benzene rings is 2. The average molecular weight is 364 g/mol. The van der Waals surface area contributed by atoms with Crippen LogP contribution in [0.2, 0.25) is 0 Å². The van der Waals surface area contributed by atoms with Crippen LogP contribution < -0.4 is 15.2 Å². The van der Waals surface area contributed by atoms with Crippen LogP contribution in [0.15, 0.2) is 69.8 Å². The second-order valence-corrected chi connectivity index (χ2v) is 7.14. The summed E-state index contributed by atoms with van der Waals surface area (Å²) in [6.07, 6.45) is 1.36. The molecular formula is C16H16N2O4S2. The monoisotopic (exact) mass is 364 g/mol. The van der Waals surface area contributed by atoms with Gasteiger partial charge in [-0.1, -0.05) is 30.0 Å². The number of anilines is 1. The molecule has 0 saturated carbocycles. The third-order valence-corrected chi connectivity index (χ3v) is 4.65. The highest BCUT2D eigenvalue weighted by Gasteiger charge is 2.16. The molecule has 0 atom stereocenters. The van der Waals surface area contributed by atoms with Crippen LogP contribution >= 0.6 is 11.8 Å². The quantitative estimate of drug-likeness (QED) is 0.606. The number of rotatable bonds is 6. The maximum atomic E-state index is 11.9. The van der Waals surface area contributed by atoms with E-state index in [0.29, 0.717) is 5.69 Å². The number of nitrogens with two attached hydrogens (primary N) is 1. The molecule has 0 heterocycles. The molecule has 0 spiro atoms. The van der Waals surface area contributed by atoms with Gasteiger partial charge in [0.1, 0.15) is 10.6 Å². The summed E-state index contributed by atoms with van der Waals surface area (Å²) in [6.45, 7) is 0. The Bertz CT molecular complexity index is 850. The van der Waals surface area contributed by atoms with E-state index in [1.807, 2.05) is 30.3 Å². The molecular weight excluding hydrogens is 348 g/mol. The van der Waals surface area contributed by atoms with Crippen LogP contribution in [-0.2, 0) is 14.8 Å². The second-order valence-electron chi connectivity index (χ2n) is 4.63.